The van der Waals surface area contributed by atoms with Crippen LogP contribution < -0.4 is 5.43 Å². The average molecular weight is 333 g/mol. The minimum Gasteiger partial charge on any atom is -0.350 e. The number of urea groups is 1. The first-order valence-corrected chi connectivity index (χ1v) is 7.66. The summed E-state index contributed by atoms with van der Waals surface area (Å²) in [6.07, 6.45) is 1.45. The van der Waals surface area contributed by atoms with Gasteiger partial charge in [-0.15, -0.1) is 0 Å². The summed E-state index contributed by atoms with van der Waals surface area (Å²) in [7, 11) is 0. The van der Waals surface area contributed by atoms with Gasteiger partial charge in [0.25, 0.3) is 11.8 Å². The number of aromatic amines is 1. The van der Waals surface area contributed by atoms with E-state index in [9.17, 15) is 14.4 Å². The third kappa shape index (κ3) is 2.16. The molecular weight excluding hydrogens is 320 g/mol. The molecule has 2 aromatic rings. The van der Waals surface area contributed by atoms with Gasteiger partial charge in [-0.2, -0.15) is 5.01 Å². The Morgan fingerprint density at radius 1 is 1.30 bits per heavy atom. The van der Waals surface area contributed by atoms with E-state index in [1.165, 1.54) is 4.90 Å². The molecule has 0 aliphatic carbocycles. The number of rotatable bonds is 2. The van der Waals surface area contributed by atoms with Crippen molar-refractivity contribution in [2.75, 3.05) is 6.54 Å². The van der Waals surface area contributed by atoms with Crippen LogP contribution in [0.25, 0.3) is 10.9 Å². The lowest BCUT2D eigenvalue weighted by Crippen LogP contribution is -2.47. The first-order chi connectivity index (χ1) is 11.0. The number of benzene rings is 1. The lowest BCUT2D eigenvalue weighted by molar-refractivity contribution is -0.129. The molecule has 2 saturated heterocycles. The lowest BCUT2D eigenvalue weighted by Gasteiger charge is -2.15. The molecule has 4 rings (SSSR count). The number of carbonyl (C=O) groups is 3. The molecule has 23 heavy (non-hydrogen) atoms. The Bertz CT molecular complexity index is 824. The number of carbonyl (C=O) groups excluding carboxylic acids is 3. The van der Waals surface area contributed by atoms with E-state index >= 15 is 0 Å². The van der Waals surface area contributed by atoms with Gasteiger partial charge in [0.05, 0.1) is 0 Å². The van der Waals surface area contributed by atoms with Crippen molar-refractivity contribution >= 4 is 40.3 Å². The van der Waals surface area contributed by atoms with Crippen LogP contribution in [0, 0.1) is 0 Å². The lowest BCUT2D eigenvalue weighted by atomic mass is 10.2. The molecular formula is C15H13ClN4O3. The molecule has 3 heterocycles. The summed E-state index contributed by atoms with van der Waals surface area (Å²) in [6, 6.07) is 5.92. The average Bonchev–Trinajstić information content (AvgIpc) is 3.20. The second-order valence-electron chi connectivity index (χ2n) is 5.66. The Morgan fingerprint density at radius 2 is 2.13 bits per heavy atom. The van der Waals surface area contributed by atoms with Crippen LogP contribution in [-0.4, -0.2) is 45.3 Å². The van der Waals surface area contributed by atoms with Gasteiger partial charge in [0.2, 0.25) is 0 Å². The van der Waals surface area contributed by atoms with E-state index < -0.39 is 18.0 Å². The van der Waals surface area contributed by atoms with Crippen molar-refractivity contribution in [1.29, 1.82) is 0 Å². The van der Waals surface area contributed by atoms with E-state index in [0.29, 0.717) is 18.0 Å². The maximum Gasteiger partial charge on any atom is 0.346 e. The van der Waals surface area contributed by atoms with Gasteiger partial charge in [-0.05, 0) is 37.1 Å². The van der Waals surface area contributed by atoms with Crippen molar-refractivity contribution in [3.05, 3.63) is 35.0 Å². The standard InChI is InChI=1S/C15H13ClN4O3/c16-9-3-4-10-8(6-9)7-11(17-10)13(21)18-20-14(22)12-2-1-5-19(12)15(20)23/h3-4,6-7,12,17H,1-2,5H2,(H,18,21)/t12-/m1/s1. The Balaban J connectivity index is 1.57. The van der Waals surface area contributed by atoms with Crippen LogP contribution >= 0.6 is 11.6 Å². The number of nitrogens with one attached hydrogen (secondary N) is 2. The summed E-state index contributed by atoms with van der Waals surface area (Å²) in [6.45, 7) is 0.548. The molecule has 7 nitrogen and oxygen atoms in total. The highest BCUT2D eigenvalue weighted by Gasteiger charge is 2.48. The van der Waals surface area contributed by atoms with Gasteiger partial charge in [-0.1, -0.05) is 11.6 Å². The Kier molecular flexibility index (Phi) is 3.05. The van der Waals surface area contributed by atoms with Crippen molar-refractivity contribution in [1.82, 2.24) is 20.3 Å². The molecule has 0 spiro atoms. The zero-order chi connectivity index (χ0) is 16.1. The summed E-state index contributed by atoms with van der Waals surface area (Å²) in [5.74, 6) is -0.916. The Morgan fingerprint density at radius 3 is 2.91 bits per heavy atom. The van der Waals surface area contributed by atoms with E-state index in [1.54, 1.807) is 24.3 Å². The van der Waals surface area contributed by atoms with E-state index in [1.807, 2.05) is 0 Å². The largest absolute Gasteiger partial charge is 0.350 e. The van der Waals surface area contributed by atoms with Crippen LogP contribution in [0.3, 0.4) is 0 Å². The number of hydrazine groups is 1. The van der Waals surface area contributed by atoms with Gasteiger partial charge in [-0.3, -0.25) is 15.0 Å². The minimum atomic E-state index is -0.541. The van der Waals surface area contributed by atoms with Crippen LogP contribution in [-0.2, 0) is 4.79 Å². The normalized spacial score (nSPS) is 20.5. The second kappa shape index (κ2) is 4.99. The number of halogens is 1. The molecule has 2 N–H and O–H groups in total. The monoisotopic (exact) mass is 332 g/mol. The van der Waals surface area contributed by atoms with Crippen molar-refractivity contribution in [2.24, 2.45) is 0 Å². The van der Waals surface area contributed by atoms with E-state index in [4.69, 9.17) is 11.6 Å². The van der Waals surface area contributed by atoms with Crippen LogP contribution in [0.15, 0.2) is 24.3 Å². The first-order valence-electron chi connectivity index (χ1n) is 7.28. The van der Waals surface area contributed by atoms with Crippen LogP contribution in [0.5, 0.6) is 0 Å². The fraction of sp³-hybridized carbons (Fsp3) is 0.267. The van der Waals surface area contributed by atoms with Gasteiger partial charge in [0.1, 0.15) is 11.7 Å². The minimum absolute atomic E-state index is 0.259. The van der Waals surface area contributed by atoms with E-state index in [0.717, 1.165) is 22.3 Å². The quantitative estimate of drug-likeness (QED) is 0.823. The molecule has 8 heteroatoms. The summed E-state index contributed by atoms with van der Waals surface area (Å²) in [5.41, 5.74) is 3.40. The maximum atomic E-state index is 12.3. The molecule has 2 aliphatic heterocycles. The molecule has 0 radical (unpaired) electrons. The number of fused-ring (bicyclic) bond motifs is 2. The zero-order valence-corrected chi connectivity index (χ0v) is 12.8. The smallest absolute Gasteiger partial charge is 0.346 e. The molecule has 118 valence electrons. The molecule has 1 aromatic heterocycles. The molecule has 0 saturated carbocycles. The number of aromatic nitrogens is 1. The highest BCUT2D eigenvalue weighted by atomic mass is 35.5. The Labute approximate surface area is 136 Å². The number of H-pyrrole nitrogens is 1. The van der Waals surface area contributed by atoms with Gasteiger partial charge in [0, 0.05) is 22.5 Å². The Hall–Kier alpha value is -2.54. The third-order valence-electron chi connectivity index (χ3n) is 4.24. The van der Waals surface area contributed by atoms with E-state index in [-0.39, 0.29) is 11.6 Å². The summed E-state index contributed by atoms with van der Waals surface area (Å²) < 4.78 is 0. The zero-order valence-electron chi connectivity index (χ0n) is 12.0. The molecule has 0 unspecified atom stereocenters. The number of imide groups is 1. The van der Waals surface area contributed by atoms with Gasteiger partial charge < -0.3 is 9.88 Å². The molecule has 4 amide bonds. The summed E-state index contributed by atoms with van der Waals surface area (Å²) >= 11 is 5.92. The topological polar surface area (TPSA) is 85.5 Å². The predicted octanol–water partition coefficient (Wildman–Crippen LogP) is 1.89. The molecule has 1 atom stereocenters. The van der Waals surface area contributed by atoms with Gasteiger partial charge >= 0.3 is 6.03 Å². The molecule has 0 bridgehead atoms. The summed E-state index contributed by atoms with van der Waals surface area (Å²) in [5, 5.41) is 2.15. The van der Waals surface area contributed by atoms with Crippen molar-refractivity contribution in [3.63, 3.8) is 0 Å². The third-order valence-corrected chi connectivity index (χ3v) is 4.47. The fourth-order valence-corrected chi connectivity index (χ4v) is 3.30. The van der Waals surface area contributed by atoms with Gasteiger partial charge in [-0.25, -0.2) is 4.79 Å². The van der Waals surface area contributed by atoms with Crippen LogP contribution in [0.2, 0.25) is 5.02 Å². The second-order valence-corrected chi connectivity index (χ2v) is 6.10. The van der Waals surface area contributed by atoms with Crippen molar-refractivity contribution < 1.29 is 14.4 Å². The maximum absolute atomic E-state index is 12.3. The number of hydrogen-bond acceptors (Lipinski definition) is 3. The fourth-order valence-electron chi connectivity index (χ4n) is 3.11. The molecule has 2 aliphatic rings. The number of amides is 4. The highest BCUT2D eigenvalue weighted by Crippen LogP contribution is 2.26. The predicted molar refractivity (Wildman–Crippen MR) is 82.7 cm³/mol. The van der Waals surface area contributed by atoms with Crippen LogP contribution in [0.1, 0.15) is 23.3 Å². The SMILES string of the molecule is O=C(NN1C(=O)[C@H]2CCCN2C1=O)c1cc2cc(Cl)ccc2[nH]1. The van der Waals surface area contributed by atoms with Crippen molar-refractivity contribution in [3.8, 4) is 0 Å². The van der Waals surface area contributed by atoms with Crippen molar-refractivity contribution in [2.45, 2.75) is 18.9 Å². The number of hydrogen-bond donors (Lipinski definition) is 2. The molecule has 1 aromatic carbocycles. The number of nitrogens with zero attached hydrogens (tertiary/aromatic N) is 2. The molecule has 2 fully saturated rings. The summed E-state index contributed by atoms with van der Waals surface area (Å²) in [4.78, 5) is 41.1. The highest BCUT2D eigenvalue weighted by molar-refractivity contribution is 6.31. The van der Waals surface area contributed by atoms with Gasteiger partial charge in [0.15, 0.2) is 0 Å². The first kappa shape index (κ1) is 14.1. The van der Waals surface area contributed by atoms with E-state index in [2.05, 4.69) is 10.4 Å². The van der Waals surface area contributed by atoms with Crippen LogP contribution in [0.4, 0.5) is 4.79 Å².